The number of nitrogens with zero attached hydrogens (tertiary/aromatic N) is 2. The Kier molecular flexibility index (Phi) is 3.42. The van der Waals surface area contributed by atoms with Crippen molar-refractivity contribution in [3.8, 4) is 0 Å². The van der Waals surface area contributed by atoms with Crippen LogP contribution >= 0.6 is 11.3 Å². The van der Waals surface area contributed by atoms with Crippen molar-refractivity contribution in [1.29, 1.82) is 0 Å². The molecule has 0 radical (unpaired) electrons. The fraction of sp³-hybridized carbons (Fsp3) is 0.600. The summed E-state index contributed by atoms with van der Waals surface area (Å²) in [6, 6.07) is 0. The topological polar surface area (TPSA) is 47.0 Å². The molecule has 0 bridgehead atoms. The molecule has 1 N–H and O–H groups in total. The van der Waals surface area contributed by atoms with Gasteiger partial charge in [-0.1, -0.05) is 0 Å². The Morgan fingerprint density at radius 1 is 1.30 bits per heavy atom. The summed E-state index contributed by atoms with van der Waals surface area (Å²) in [4.78, 5) is 12.1. The average molecular weight is 291 g/mol. The number of fused-ring (bicyclic) bond motifs is 3. The first-order chi connectivity index (χ1) is 9.56. The van der Waals surface area contributed by atoms with Gasteiger partial charge in [0.25, 0.3) is 0 Å². The highest BCUT2D eigenvalue weighted by atomic mass is 32.1. The average Bonchev–Trinajstić information content (AvgIpc) is 2.97. The predicted octanol–water partition coefficient (Wildman–Crippen LogP) is 3.49. The van der Waals surface area contributed by atoms with E-state index in [1.54, 1.807) is 0 Å². The van der Waals surface area contributed by atoms with E-state index in [4.69, 9.17) is 14.7 Å². The summed E-state index contributed by atoms with van der Waals surface area (Å²) in [6.07, 6.45) is 3.59. The largest absolute Gasteiger partial charge is 0.372 e. The molecule has 0 aromatic carbocycles. The number of hydrogen-bond donors (Lipinski definition) is 1. The van der Waals surface area contributed by atoms with Gasteiger partial charge in [-0.15, -0.1) is 11.3 Å². The number of nitrogens with one attached hydrogen (secondary N) is 1. The van der Waals surface area contributed by atoms with Crippen LogP contribution in [0.25, 0.3) is 10.2 Å². The molecule has 2 aromatic heterocycles. The van der Waals surface area contributed by atoms with Gasteiger partial charge in [0.05, 0.1) is 5.39 Å². The van der Waals surface area contributed by atoms with E-state index in [-0.39, 0.29) is 0 Å². The van der Waals surface area contributed by atoms with Crippen molar-refractivity contribution in [3.63, 3.8) is 0 Å². The summed E-state index contributed by atoms with van der Waals surface area (Å²) in [5.74, 6) is 1.70. The van der Waals surface area contributed by atoms with Crippen molar-refractivity contribution >= 4 is 27.4 Å². The zero-order valence-electron chi connectivity index (χ0n) is 12.5. The molecule has 3 rings (SSSR count). The van der Waals surface area contributed by atoms with Gasteiger partial charge in [-0.05, 0) is 45.6 Å². The molecule has 0 spiro atoms. The fourth-order valence-electron chi connectivity index (χ4n) is 2.87. The zero-order chi connectivity index (χ0) is 14.3. The molecular weight excluding hydrogens is 270 g/mol. The summed E-state index contributed by atoms with van der Waals surface area (Å²) >= 11 is 1.82. The van der Waals surface area contributed by atoms with Gasteiger partial charge in [-0.3, -0.25) is 0 Å². The molecule has 0 amide bonds. The fourth-order valence-corrected chi connectivity index (χ4v) is 4.13. The van der Waals surface area contributed by atoms with Gasteiger partial charge >= 0.3 is 0 Å². The lowest BCUT2D eigenvalue weighted by atomic mass is 10.1. The maximum atomic E-state index is 5.79. The Morgan fingerprint density at radius 3 is 2.80 bits per heavy atom. The highest BCUT2D eigenvalue weighted by molar-refractivity contribution is 7.19. The number of aromatic nitrogens is 2. The standard InChI is InChI=1S/C15H21N3OS/c1-5-19-15(2,3)14-17-12(16-4)11-9-7-6-8-10(9)20-13(11)18-14/h5-8H2,1-4H3,(H,16,17,18). The molecule has 4 nitrogen and oxygen atoms in total. The molecular formula is C15H21N3OS. The quantitative estimate of drug-likeness (QED) is 0.936. The molecule has 0 aliphatic heterocycles. The van der Waals surface area contributed by atoms with E-state index < -0.39 is 5.60 Å². The molecule has 1 aliphatic rings. The first kappa shape index (κ1) is 13.8. The molecule has 0 saturated carbocycles. The number of anilines is 1. The molecule has 2 heterocycles. The number of thiophene rings is 1. The highest BCUT2D eigenvalue weighted by Crippen LogP contribution is 2.40. The van der Waals surface area contributed by atoms with Gasteiger partial charge in [0.15, 0.2) is 5.82 Å². The van der Waals surface area contributed by atoms with Crippen LogP contribution in [0, 0.1) is 0 Å². The summed E-state index contributed by atoms with van der Waals surface area (Å²) in [7, 11) is 1.93. The van der Waals surface area contributed by atoms with Crippen LogP contribution in [0.1, 0.15) is 43.5 Å². The van der Waals surface area contributed by atoms with Crippen LogP contribution in [-0.4, -0.2) is 23.6 Å². The lowest BCUT2D eigenvalue weighted by molar-refractivity contribution is -0.0204. The van der Waals surface area contributed by atoms with Crippen molar-refractivity contribution in [1.82, 2.24) is 9.97 Å². The molecule has 5 heteroatoms. The third kappa shape index (κ3) is 2.09. The van der Waals surface area contributed by atoms with Crippen LogP contribution in [0.3, 0.4) is 0 Å². The molecule has 0 unspecified atom stereocenters. The van der Waals surface area contributed by atoms with Gasteiger partial charge < -0.3 is 10.1 Å². The second kappa shape index (κ2) is 4.97. The van der Waals surface area contributed by atoms with Crippen LogP contribution < -0.4 is 5.32 Å². The molecule has 0 atom stereocenters. The number of hydrogen-bond acceptors (Lipinski definition) is 5. The van der Waals surface area contributed by atoms with Gasteiger partial charge in [0, 0.05) is 18.5 Å². The third-order valence-corrected chi connectivity index (χ3v) is 5.03. The van der Waals surface area contributed by atoms with E-state index in [1.807, 2.05) is 39.2 Å². The minimum Gasteiger partial charge on any atom is -0.372 e. The van der Waals surface area contributed by atoms with Crippen molar-refractivity contribution in [2.75, 3.05) is 19.0 Å². The Hall–Kier alpha value is -1.20. The minimum atomic E-state index is -0.455. The normalized spacial score (nSPS) is 14.8. The molecule has 1 aliphatic carbocycles. The lowest BCUT2D eigenvalue weighted by Crippen LogP contribution is -2.25. The maximum Gasteiger partial charge on any atom is 0.163 e. The van der Waals surface area contributed by atoms with E-state index in [9.17, 15) is 0 Å². The van der Waals surface area contributed by atoms with Gasteiger partial charge in [0.2, 0.25) is 0 Å². The summed E-state index contributed by atoms with van der Waals surface area (Å²) < 4.78 is 5.79. The summed E-state index contributed by atoms with van der Waals surface area (Å²) in [6.45, 7) is 6.71. The van der Waals surface area contributed by atoms with Crippen LogP contribution in [0.4, 0.5) is 5.82 Å². The lowest BCUT2D eigenvalue weighted by Gasteiger charge is -2.23. The van der Waals surface area contributed by atoms with Gasteiger partial charge in [-0.25, -0.2) is 9.97 Å². The second-order valence-corrected chi connectivity index (χ2v) is 6.71. The van der Waals surface area contributed by atoms with Crippen LogP contribution in [0.15, 0.2) is 0 Å². The number of rotatable bonds is 4. The van der Waals surface area contributed by atoms with Crippen molar-refractivity contribution in [3.05, 3.63) is 16.3 Å². The van der Waals surface area contributed by atoms with Gasteiger partial charge in [0.1, 0.15) is 16.2 Å². The Labute approximate surface area is 123 Å². The summed E-state index contributed by atoms with van der Waals surface area (Å²) in [5, 5.41) is 4.46. The highest BCUT2D eigenvalue weighted by Gasteiger charge is 2.28. The Bertz CT molecular complexity index is 648. The van der Waals surface area contributed by atoms with E-state index in [2.05, 4.69) is 5.32 Å². The van der Waals surface area contributed by atoms with E-state index in [1.165, 1.54) is 28.7 Å². The van der Waals surface area contributed by atoms with Crippen molar-refractivity contribution < 1.29 is 4.74 Å². The van der Waals surface area contributed by atoms with Crippen molar-refractivity contribution in [2.24, 2.45) is 0 Å². The number of ether oxygens (including phenoxy) is 1. The van der Waals surface area contributed by atoms with E-state index >= 15 is 0 Å². The van der Waals surface area contributed by atoms with Crippen LogP contribution in [0.2, 0.25) is 0 Å². The third-order valence-electron chi connectivity index (χ3n) is 3.85. The zero-order valence-corrected chi connectivity index (χ0v) is 13.4. The van der Waals surface area contributed by atoms with E-state index in [0.29, 0.717) is 6.61 Å². The van der Waals surface area contributed by atoms with Crippen LogP contribution in [0.5, 0.6) is 0 Å². The first-order valence-corrected chi connectivity index (χ1v) is 8.03. The second-order valence-electron chi connectivity index (χ2n) is 5.63. The SMILES string of the molecule is CCOC(C)(C)c1nc(NC)c2c3c(sc2n1)CCC3. The summed E-state index contributed by atoms with van der Waals surface area (Å²) in [5.41, 5.74) is 0.998. The van der Waals surface area contributed by atoms with Crippen molar-refractivity contribution in [2.45, 2.75) is 45.6 Å². The van der Waals surface area contributed by atoms with Gasteiger partial charge in [-0.2, -0.15) is 0 Å². The smallest absolute Gasteiger partial charge is 0.163 e. The molecule has 20 heavy (non-hydrogen) atoms. The molecule has 0 saturated heterocycles. The monoisotopic (exact) mass is 291 g/mol. The Balaban J connectivity index is 2.18. The molecule has 108 valence electrons. The Morgan fingerprint density at radius 2 is 2.10 bits per heavy atom. The first-order valence-electron chi connectivity index (χ1n) is 7.21. The minimum absolute atomic E-state index is 0.455. The molecule has 2 aromatic rings. The molecule has 0 fully saturated rings. The maximum absolute atomic E-state index is 5.79. The van der Waals surface area contributed by atoms with Crippen LogP contribution in [-0.2, 0) is 23.2 Å². The predicted molar refractivity (Wildman–Crippen MR) is 83.6 cm³/mol. The number of aryl methyl sites for hydroxylation is 2. The van der Waals surface area contributed by atoms with E-state index in [0.717, 1.165) is 22.9 Å².